The van der Waals surface area contributed by atoms with Gasteiger partial charge in [-0.2, -0.15) is 0 Å². The topological polar surface area (TPSA) is 24.9 Å². The van der Waals surface area contributed by atoms with Crippen molar-refractivity contribution in [1.29, 1.82) is 0 Å². The molecule has 0 saturated carbocycles. The van der Waals surface area contributed by atoms with Crippen molar-refractivity contribution in [1.82, 2.24) is 4.98 Å². The molecule has 1 aliphatic heterocycles. The quantitative estimate of drug-likeness (QED) is 0.713. The lowest BCUT2D eigenvalue weighted by atomic mass is 10.0. The van der Waals surface area contributed by atoms with E-state index in [0.717, 1.165) is 28.4 Å². The number of aromatic nitrogens is 1. The normalized spacial score (nSPS) is 17.7. The first-order valence-electron chi connectivity index (χ1n) is 6.84. The van der Waals surface area contributed by atoms with Gasteiger partial charge in [-0.25, -0.2) is 9.37 Å². The first kappa shape index (κ1) is 13.1. The molecule has 21 heavy (non-hydrogen) atoms. The number of hydrogen-bond acceptors (Lipinski definition) is 4. The summed E-state index contributed by atoms with van der Waals surface area (Å²) in [5, 5.41) is 4.39. The molecule has 1 aliphatic rings. The molecule has 1 aromatic heterocycles. The van der Waals surface area contributed by atoms with Gasteiger partial charge in [-0.15, -0.1) is 11.8 Å². The Hall–Kier alpha value is -1.59. The van der Waals surface area contributed by atoms with E-state index in [1.54, 1.807) is 29.2 Å². The van der Waals surface area contributed by atoms with Gasteiger partial charge in [0.05, 0.1) is 16.3 Å². The number of benzene rings is 2. The summed E-state index contributed by atoms with van der Waals surface area (Å²) in [6.07, 6.45) is 0.983. The minimum atomic E-state index is -0.174. The highest BCUT2D eigenvalue weighted by atomic mass is 32.2. The molecule has 0 aliphatic carbocycles. The van der Waals surface area contributed by atoms with Crippen molar-refractivity contribution in [3.8, 4) is 0 Å². The lowest BCUT2D eigenvalue weighted by Gasteiger charge is -2.25. The van der Waals surface area contributed by atoms with Gasteiger partial charge in [0.2, 0.25) is 0 Å². The summed E-state index contributed by atoms with van der Waals surface area (Å²) in [7, 11) is 0. The Bertz CT molecular complexity index is 767. The number of nitrogens with zero attached hydrogens (tertiary/aromatic N) is 1. The van der Waals surface area contributed by atoms with Crippen LogP contribution >= 0.6 is 23.1 Å². The first-order valence-corrected chi connectivity index (χ1v) is 8.64. The highest BCUT2D eigenvalue weighted by Gasteiger charge is 2.22. The molecule has 0 unspecified atom stereocenters. The Morgan fingerprint density at radius 1 is 1.19 bits per heavy atom. The fourth-order valence-corrected chi connectivity index (χ4v) is 4.62. The Balaban J connectivity index is 1.67. The van der Waals surface area contributed by atoms with E-state index in [4.69, 9.17) is 0 Å². The molecular formula is C16H13FN2S2. The zero-order valence-corrected chi connectivity index (χ0v) is 12.8. The predicted molar refractivity (Wildman–Crippen MR) is 87.7 cm³/mol. The maximum Gasteiger partial charge on any atom is 0.184 e. The van der Waals surface area contributed by atoms with Crippen molar-refractivity contribution in [3.05, 3.63) is 53.8 Å². The molecule has 1 N–H and O–H groups in total. The van der Waals surface area contributed by atoms with Crippen LogP contribution in [0.2, 0.25) is 0 Å². The SMILES string of the molecule is Fc1ccc2c(c1)[C@H](Nc1nc3ccccc3s1)CCS2. The van der Waals surface area contributed by atoms with Crippen LogP contribution in [0.15, 0.2) is 47.4 Å². The van der Waals surface area contributed by atoms with E-state index < -0.39 is 0 Å². The molecule has 0 saturated heterocycles. The van der Waals surface area contributed by atoms with Gasteiger partial charge in [0, 0.05) is 10.6 Å². The summed E-state index contributed by atoms with van der Waals surface area (Å²) in [5.74, 6) is 0.869. The van der Waals surface area contributed by atoms with Crippen LogP contribution < -0.4 is 5.32 Å². The van der Waals surface area contributed by atoms with E-state index in [0.29, 0.717) is 0 Å². The average Bonchev–Trinajstić information content (AvgIpc) is 2.90. The third kappa shape index (κ3) is 2.51. The third-order valence-electron chi connectivity index (χ3n) is 3.60. The van der Waals surface area contributed by atoms with E-state index in [1.165, 1.54) is 15.7 Å². The molecule has 5 heteroatoms. The number of rotatable bonds is 2. The Morgan fingerprint density at radius 2 is 2.10 bits per heavy atom. The van der Waals surface area contributed by atoms with Crippen LogP contribution in [0, 0.1) is 5.82 Å². The predicted octanol–water partition coefficient (Wildman–Crippen LogP) is 5.08. The van der Waals surface area contributed by atoms with Crippen molar-refractivity contribution < 1.29 is 4.39 Å². The van der Waals surface area contributed by atoms with Crippen molar-refractivity contribution in [2.24, 2.45) is 0 Å². The van der Waals surface area contributed by atoms with Gasteiger partial charge in [-0.3, -0.25) is 0 Å². The van der Waals surface area contributed by atoms with Crippen molar-refractivity contribution >= 4 is 38.4 Å². The van der Waals surface area contributed by atoms with Crippen LogP contribution in [-0.2, 0) is 0 Å². The third-order valence-corrected chi connectivity index (χ3v) is 5.69. The lowest BCUT2D eigenvalue weighted by Crippen LogP contribution is -2.16. The highest BCUT2D eigenvalue weighted by molar-refractivity contribution is 7.99. The smallest absolute Gasteiger partial charge is 0.184 e. The number of nitrogens with one attached hydrogen (secondary N) is 1. The van der Waals surface area contributed by atoms with Crippen molar-refractivity contribution in [2.45, 2.75) is 17.4 Å². The van der Waals surface area contributed by atoms with Crippen LogP contribution in [0.1, 0.15) is 18.0 Å². The Labute approximate surface area is 130 Å². The molecule has 0 bridgehead atoms. The van der Waals surface area contributed by atoms with Gasteiger partial charge in [0.25, 0.3) is 0 Å². The summed E-state index contributed by atoms with van der Waals surface area (Å²) in [5.41, 5.74) is 2.06. The van der Waals surface area contributed by atoms with Gasteiger partial charge in [0.1, 0.15) is 5.82 Å². The minimum absolute atomic E-state index is 0.137. The molecular weight excluding hydrogens is 303 g/mol. The van der Waals surface area contributed by atoms with Crippen molar-refractivity contribution in [2.75, 3.05) is 11.1 Å². The molecule has 1 atom stereocenters. The van der Waals surface area contributed by atoms with E-state index in [-0.39, 0.29) is 11.9 Å². The fourth-order valence-electron chi connectivity index (χ4n) is 2.60. The monoisotopic (exact) mass is 316 g/mol. The molecule has 3 aromatic rings. The molecule has 0 amide bonds. The summed E-state index contributed by atoms with van der Waals surface area (Å²) < 4.78 is 14.7. The molecule has 106 valence electrons. The number of para-hydroxylation sites is 1. The summed E-state index contributed by atoms with van der Waals surface area (Å²) in [6, 6.07) is 13.3. The van der Waals surface area contributed by atoms with E-state index >= 15 is 0 Å². The molecule has 2 aromatic carbocycles. The van der Waals surface area contributed by atoms with Gasteiger partial charge in [0.15, 0.2) is 5.13 Å². The van der Waals surface area contributed by atoms with Crippen molar-refractivity contribution in [3.63, 3.8) is 0 Å². The van der Waals surface area contributed by atoms with Gasteiger partial charge < -0.3 is 5.32 Å². The lowest BCUT2D eigenvalue weighted by molar-refractivity contribution is 0.616. The standard InChI is InChI=1S/C16H13FN2S2/c17-10-5-6-14-11(9-10)12(7-8-20-14)18-16-19-13-3-1-2-4-15(13)21-16/h1-6,9,12H,7-8H2,(H,18,19)/t12-/m1/s1. The molecule has 0 radical (unpaired) electrons. The number of thioether (sulfide) groups is 1. The molecule has 2 nitrogen and oxygen atoms in total. The van der Waals surface area contributed by atoms with E-state index in [9.17, 15) is 4.39 Å². The minimum Gasteiger partial charge on any atom is -0.355 e. The number of halogens is 1. The fraction of sp³-hybridized carbons (Fsp3) is 0.188. The average molecular weight is 316 g/mol. The van der Waals surface area contributed by atoms with E-state index in [1.807, 2.05) is 24.3 Å². The summed E-state index contributed by atoms with van der Waals surface area (Å²) in [6.45, 7) is 0. The number of anilines is 1. The largest absolute Gasteiger partial charge is 0.355 e. The Morgan fingerprint density at radius 3 is 3.00 bits per heavy atom. The second-order valence-corrected chi connectivity index (χ2v) is 7.17. The molecule has 0 fully saturated rings. The summed E-state index contributed by atoms with van der Waals surface area (Å²) in [4.78, 5) is 5.78. The number of fused-ring (bicyclic) bond motifs is 2. The maximum atomic E-state index is 13.5. The second kappa shape index (κ2) is 5.31. The second-order valence-electron chi connectivity index (χ2n) is 5.00. The molecule has 0 spiro atoms. The molecule has 4 rings (SSSR count). The number of thiazole rings is 1. The van der Waals surface area contributed by atoms with Gasteiger partial charge in [-0.1, -0.05) is 23.5 Å². The first-order chi connectivity index (χ1) is 10.3. The highest BCUT2D eigenvalue weighted by Crippen LogP contribution is 2.39. The zero-order chi connectivity index (χ0) is 14.2. The van der Waals surface area contributed by atoms with Crippen LogP contribution in [0.25, 0.3) is 10.2 Å². The van der Waals surface area contributed by atoms with Crippen LogP contribution in [0.4, 0.5) is 9.52 Å². The van der Waals surface area contributed by atoms with Crippen LogP contribution in [0.5, 0.6) is 0 Å². The summed E-state index contributed by atoms with van der Waals surface area (Å²) >= 11 is 3.44. The molecule has 2 heterocycles. The van der Waals surface area contributed by atoms with Crippen LogP contribution in [-0.4, -0.2) is 10.7 Å². The Kier molecular flexibility index (Phi) is 3.31. The van der Waals surface area contributed by atoms with Crippen LogP contribution in [0.3, 0.4) is 0 Å². The van der Waals surface area contributed by atoms with Gasteiger partial charge >= 0.3 is 0 Å². The number of hydrogen-bond donors (Lipinski definition) is 1. The van der Waals surface area contributed by atoms with E-state index in [2.05, 4.69) is 16.4 Å². The zero-order valence-electron chi connectivity index (χ0n) is 11.2. The maximum absolute atomic E-state index is 13.5. The van der Waals surface area contributed by atoms with Gasteiger partial charge in [-0.05, 0) is 42.3 Å².